The van der Waals surface area contributed by atoms with Crippen molar-refractivity contribution in [2.24, 2.45) is 0 Å². The van der Waals surface area contributed by atoms with Gasteiger partial charge in [-0.2, -0.15) is 0 Å². The summed E-state index contributed by atoms with van der Waals surface area (Å²) in [6, 6.07) is 5.20. The molecule has 1 aliphatic heterocycles. The Morgan fingerprint density at radius 1 is 1.12 bits per heavy atom. The van der Waals surface area contributed by atoms with Crippen LogP contribution >= 0.6 is 11.8 Å². The Bertz CT molecular complexity index is 1280. The summed E-state index contributed by atoms with van der Waals surface area (Å²) in [7, 11) is 0. The molecule has 0 atom stereocenters. The highest BCUT2D eigenvalue weighted by atomic mass is 32.2. The van der Waals surface area contributed by atoms with E-state index in [1.165, 1.54) is 11.8 Å². The lowest BCUT2D eigenvalue weighted by atomic mass is 9.98. The summed E-state index contributed by atoms with van der Waals surface area (Å²) in [6.45, 7) is 14.4. The molecule has 43 heavy (non-hydrogen) atoms. The maximum atomic E-state index is 13.3. The predicted molar refractivity (Wildman–Crippen MR) is 166 cm³/mol. The van der Waals surface area contributed by atoms with Crippen LogP contribution in [0.5, 0.6) is 0 Å². The maximum Gasteiger partial charge on any atom is 0.407 e. The molecule has 0 saturated carbocycles. The largest absolute Gasteiger partial charge is 0.478 e. The number of carbonyl (C=O) groups is 3. The molecule has 0 unspecified atom stereocenters. The van der Waals surface area contributed by atoms with E-state index in [9.17, 15) is 19.5 Å². The number of nitrogens with one attached hydrogen (secondary N) is 1. The molecule has 4 N–H and O–H groups in total. The number of aromatic carboxylic acids is 1. The molecule has 236 valence electrons. The number of rotatable bonds is 13. The Morgan fingerprint density at radius 3 is 2.51 bits per heavy atom. The molecule has 3 rings (SSSR count). The minimum atomic E-state index is -1.01. The van der Waals surface area contributed by atoms with Crippen molar-refractivity contribution < 1.29 is 29.0 Å². The summed E-state index contributed by atoms with van der Waals surface area (Å²) in [5, 5.41) is 12.9. The first kappa shape index (κ1) is 34.1. The number of hydrogen-bond acceptors (Lipinski definition) is 10. The lowest BCUT2D eigenvalue weighted by molar-refractivity contribution is -0.131. The zero-order valence-corrected chi connectivity index (χ0v) is 26.6. The van der Waals surface area contributed by atoms with E-state index >= 15 is 0 Å². The van der Waals surface area contributed by atoms with Gasteiger partial charge in [0.25, 0.3) is 0 Å². The van der Waals surface area contributed by atoms with Crippen molar-refractivity contribution in [3.05, 3.63) is 34.9 Å². The van der Waals surface area contributed by atoms with E-state index in [1.807, 2.05) is 38.7 Å². The molecule has 13 heteroatoms. The highest BCUT2D eigenvalue weighted by Crippen LogP contribution is 2.29. The van der Waals surface area contributed by atoms with Gasteiger partial charge in [-0.25, -0.2) is 19.6 Å². The van der Waals surface area contributed by atoms with Crippen molar-refractivity contribution in [1.82, 2.24) is 25.1 Å². The van der Waals surface area contributed by atoms with Crippen molar-refractivity contribution in [3.8, 4) is 11.3 Å². The van der Waals surface area contributed by atoms with Crippen molar-refractivity contribution in [2.75, 3.05) is 64.0 Å². The molecule has 1 aromatic carbocycles. The molecule has 1 fully saturated rings. The normalized spacial score (nSPS) is 13.9. The second-order valence-electron chi connectivity index (χ2n) is 11.5. The number of alkyl carbamates (subject to hydrolysis) is 1. The number of hydrogen-bond donors (Lipinski definition) is 3. The lowest BCUT2D eigenvalue weighted by Crippen LogP contribution is -2.44. The van der Waals surface area contributed by atoms with Crippen LogP contribution in [0.1, 0.15) is 55.1 Å². The van der Waals surface area contributed by atoms with Crippen molar-refractivity contribution >= 4 is 35.7 Å². The van der Waals surface area contributed by atoms with E-state index in [2.05, 4.69) is 20.2 Å². The van der Waals surface area contributed by atoms with Gasteiger partial charge < -0.3 is 30.5 Å². The van der Waals surface area contributed by atoms with E-state index < -0.39 is 17.7 Å². The molecule has 0 spiro atoms. The number of aromatic nitrogens is 2. The molecular weight excluding hydrogens is 572 g/mol. The van der Waals surface area contributed by atoms with Gasteiger partial charge in [0.15, 0.2) is 0 Å². The summed E-state index contributed by atoms with van der Waals surface area (Å²) in [4.78, 5) is 49.8. The highest BCUT2D eigenvalue weighted by molar-refractivity contribution is 7.99. The number of morpholine rings is 1. The van der Waals surface area contributed by atoms with Crippen LogP contribution in [0.15, 0.2) is 23.2 Å². The van der Waals surface area contributed by atoms with Gasteiger partial charge in [-0.1, -0.05) is 6.07 Å². The van der Waals surface area contributed by atoms with E-state index in [0.29, 0.717) is 73.3 Å². The van der Waals surface area contributed by atoms with Crippen LogP contribution in [0.25, 0.3) is 11.3 Å². The van der Waals surface area contributed by atoms with Crippen molar-refractivity contribution in [1.29, 1.82) is 0 Å². The maximum absolute atomic E-state index is 13.3. The van der Waals surface area contributed by atoms with E-state index in [0.717, 1.165) is 25.2 Å². The van der Waals surface area contributed by atoms with Gasteiger partial charge >= 0.3 is 12.1 Å². The van der Waals surface area contributed by atoms with Crippen LogP contribution in [-0.4, -0.2) is 107 Å². The number of ether oxygens (including phenoxy) is 2. The second-order valence-corrected chi connectivity index (χ2v) is 12.6. The van der Waals surface area contributed by atoms with Crippen LogP contribution < -0.4 is 11.1 Å². The van der Waals surface area contributed by atoms with Crippen molar-refractivity contribution in [2.45, 2.75) is 58.1 Å². The third kappa shape index (κ3) is 11.3. The van der Waals surface area contributed by atoms with E-state index in [-0.39, 0.29) is 17.4 Å². The quantitative estimate of drug-likeness (QED) is 0.171. The summed E-state index contributed by atoms with van der Waals surface area (Å²) in [5.41, 5.74) is 8.39. The Kier molecular flexibility index (Phi) is 12.6. The SMILES string of the molecule is Cc1cc(C)c(-c2cc(SCCC(=O)N(CCCNC(=O)OC(C)(C)C)CCN3CCOCC3)nc(N)n2)cc1C(=O)O. The highest BCUT2D eigenvalue weighted by Gasteiger charge is 2.19. The molecule has 2 aromatic rings. The van der Waals surface area contributed by atoms with Crippen LogP contribution in [0.2, 0.25) is 0 Å². The number of carboxylic acids is 1. The minimum absolute atomic E-state index is 0.0146. The summed E-state index contributed by atoms with van der Waals surface area (Å²) in [5.74, 6) is -0.437. The first-order chi connectivity index (χ1) is 20.3. The number of nitrogens with two attached hydrogens (primary N) is 1. The van der Waals surface area contributed by atoms with Gasteiger partial charge in [0.05, 0.1) is 24.5 Å². The fourth-order valence-electron chi connectivity index (χ4n) is 4.64. The van der Waals surface area contributed by atoms with Gasteiger partial charge in [-0.3, -0.25) is 9.69 Å². The summed E-state index contributed by atoms with van der Waals surface area (Å²) >= 11 is 1.40. The molecule has 2 heterocycles. The Hall–Kier alpha value is -3.42. The summed E-state index contributed by atoms with van der Waals surface area (Å²) < 4.78 is 10.7. The molecule has 12 nitrogen and oxygen atoms in total. The molecule has 2 amide bonds. The van der Waals surface area contributed by atoms with Crippen molar-refractivity contribution in [3.63, 3.8) is 0 Å². The van der Waals surface area contributed by atoms with Gasteiger partial charge in [-0.15, -0.1) is 11.8 Å². The number of amides is 2. The molecule has 1 aromatic heterocycles. The number of carbonyl (C=O) groups excluding carboxylic acids is 2. The Labute approximate surface area is 257 Å². The lowest BCUT2D eigenvalue weighted by Gasteiger charge is -2.30. The Morgan fingerprint density at radius 2 is 1.84 bits per heavy atom. The number of benzene rings is 1. The number of aryl methyl sites for hydroxylation is 2. The van der Waals surface area contributed by atoms with E-state index in [1.54, 1.807) is 19.1 Å². The molecule has 0 radical (unpaired) electrons. The number of nitrogen functional groups attached to an aromatic ring is 1. The second kappa shape index (κ2) is 15.9. The van der Waals surface area contributed by atoms with Gasteiger partial charge in [-0.05, 0) is 64.3 Å². The van der Waals surface area contributed by atoms with E-state index in [4.69, 9.17) is 15.2 Å². The number of anilines is 1. The first-order valence-electron chi connectivity index (χ1n) is 14.5. The fourth-order valence-corrected chi connectivity index (χ4v) is 5.48. The van der Waals surface area contributed by atoms with Crippen LogP contribution in [0, 0.1) is 13.8 Å². The Balaban J connectivity index is 1.61. The van der Waals surface area contributed by atoms with Gasteiger partial charge in [0.2, 0.25) is 11.9 Å². The standard InChI is InChI=1S/C30H44N6O6S/c1-20-17-21(2)23(27(38)39)18-22(20)24-19-25(34-28(31)33-24)43-16-7-26(37)36(11-10-35-12-14-41-15-13-35)9-6-8-32-29(40)42-30(3,4)5/h17-19H,6-16H2,1-5H3,(H,32,40)(H,38,39)(H2,31,33,34). The molecule has 1 saturated heterocycles. The zero-order chi connectivity index (χ0) is 31.6. The van der Waals surface area contributed by atoms with Crippen LogP contribution in [0.4, 0.5) is 10.7 Å². The number of thioether (sulfide) groups is 1. The molecular formula is C30H44N6O6S. The number of carboxylic acid groups (broad SMARTS) is 1. The van der Waals surface area contributed by atoms with Gasteiger partial charge in [0, 0.05) is 57.0 Å². The van der Waals surface area contributed by atoms with Gasteiger partial charge in [0.1, 0.15) is 10.6 Å². The fraction of sp³-hybridized carbons (Fsp3) is 0.567. The first-order valence-corrected chi connectivity index (χ1v) is 15.5. The smallest absolute Gasteiger partial charge is 0.407 e. The molecule has 0 aliphatic carbocycles. The van der Waals surface area contributed by atoms with Crippen LogP contribution in [0.3, 0.4) is 0 Å². The monoisotopic (exact) mass is 616 g/mol. The average Bonchev–Trinajstić information content (AvgIpc) is 2.91. The number of nitrogens with zero attached hydrogens (tertiary/aromatic N) is 4. The molecule has 0 bridgehead atoms. The predicted octanol–water partition coefficient (Wildman–Crippen LogP) is 3.60. The molecule has 1 aliphatic rings. The average molecular weight is 617 g/mol. The van der Waals surface area contributed by atoms with Crippen LogP contribution in [-0.2, 0) is 14.3 Å². The topological polar surface area (TPSA) is 160 Å². The third-order valence-electron chi connectivity index (χ3n) is 6.78. The summed E-state index contributed by atoms with van der Waals surface area (Å²) in [6.07, 6.45) is 0.416. The minimum Gasteiger partial charge on any atom is -0.478 e. The third-order valence-corrected chi connectivity index (χ3v) is 7.69. The zero-order valence-electron chi connectivity index (χ0n) is 25.8.